The zero-order valence-electron chi connectivity index (χ0n) is 43.1. The van der Waals surface area contributed by atoms with Crippen molar-refractivity contribution >= 4 is 11.9 Å². The molecular weight excluding hydrogens is 803 g/mol. The van der Waals surface area contributed by atoms with Gasteiger partial charge in [-0.05, 0) is 70.6 Å². The van der Waals surface area contributed by atoms with Gasteiger partial charge in [-0.15, -0.1) is 0 Å². The molecule has 0 aromatic carbocycles. The van der Waals surface area contributed by atoms with Crippen LogP contribution in [0.25, 0.3) is 0 Å². The van der Waals surface area contributed by atoms with Crippen molar-refractivity contribution < 1.29 is 24.5 Å². The number of rotatable bonds is 50. The largest absolute Gasteiger partial charge is 0.462 e. The molecule has 0 saturated heterocycles. The highest BCUT2D eigenvalue weighted by Gasteiger charge is 2.24. The minimum atomic E-state index is -0.808. The van der Waals surface area contributed by atoms with Crippen molar-refractivity contribution in [3.63, 3.8) is 0 Å². The van der Waals surface area contributed by atoms with Gasteiger partial charge >= 0.3 is 5.97 Å². The molecule has 0 saturated carbocycles. The first-order valence-corrected chi connectivity index (χ1v) is 28.0. The fourth-order valence-electron chi connectivity index (χ4n) is 8.37. The molecular formula is C59H107NO5. The fourth-order valence-corrected chi connectivity index (χ4v) is 8.37. The first-order chi connectivity index (χ1) is 32.0. The van der Waals surface area contributed by atoms with Crippen molar-refractivity contribution in [2.75, 3.05) is 6.61 Å². The first kappa shape index (κ1) is 62.6. The zero-order chi connectivity index (χ0) is 47.4. The molecule has 0 aliphatic rings. The predicted octanol–water partition coefficient (Wildman–Crippen LogP) is 17.2. The molecule has 1 amide bonds. The maximum Gasteiger partial charge on any atom is 0.306 e. The summed E-state index contributed by atoms with van der Waals surface area (Å²) in [4.78, 5) is 26.2. The van der Waals surface area contributed by atoms with Crippen molar-refractivity contribution in [2.45, 2.75) is 296 Å². The standard InChI is InChI=1S/C59H107NO5/c1-4-7-10-13-16-19-22-25-27-29-31-34-36-39-42-45-48-51-57(62)56(54-61)60-58(63)53-55(50-47-44-41-38-35-33-30-28-26-23-20-17-14-11-8-5-2)65-59(64)52-49-46-43-40-37-32-24-21-18-15-12-9-6-3/h23,26,28,30,32-33,35,37,43,46,55-57,61-62H,4-22,24-25,27,29,31,34,36,38-42,44-45,47-54H2,1-3H3,(H,60,63)/b26-23+,30-28+,35-33+,37-32-,46-43+. The summed E-state index contributed by atoms with van der Waals surface area (Å²) in [5, 5.41) is 23.8. The highest BCUT2D eigenvalue weighted by molar-refractivity contribution is 5.77. The summed E-state index contributed by atoms with van der Waals surface area (Å²) in [5.41, 5.74) is 0. The molecule has 0 fully saturated rings. The van der Waals surface area contributed by atoms with Gasteiger partial charge in [0.1, 0.15) is 6.10 Å². The molecule has 0 radical (unpaired) electrons. The van der Waals surface area contributed by atoms with Gasteiger partial charge in [0.2, 0.25) is 5.91 Å². The van der Waals surface area contributed by atoms with Crippen molar-refractivity contribution in [2.24, 2.45) is 0 Å². The van der Waals surface area contributed by atoms with Gasteiger partial charge in [0, 0.05) is 6.42 Å². The Morgan fingerprint density at radius 2 is 0.846 bits per heavy atom. The maximum atomic E-state index is 13.2. The molecule has 0 aliphatic carbocycles. The highest BCUT2D eigenvalue weighted by Crippen LogP contribution is 2.17. The summed E-state index contributed by atoms with van der Waals surface area (Å²) < 4.78 is 5.89. The molecule has 6 nitrogen and oxygen atoms in total. The average molecular weight is 911 g/mol. The van der Waals surface area contributed by atoms with Crippen molar-refractivity contribution in [3.8, 4) is 0 Å². The van der Waals surface area contributed by atoms with Crippen LogP contribution in [0.4, 0.5) is 0 Å². The normalized spacial score (nSPS) is 13.6. The molecule has 0 bridgehead atoms. The van der Waals surface area contributed by atoms with E-state index >= 15 is 0 Å². The van der Waals surface area contributed by atoms with Gasteiger partial charge in [0.25, 0.3) is 0 Å². The Morgan fingerprint density at radius 3 is 1.31 bits per heavy atom. The van der Waals surface area contributed by atoms with Crippen LogP contribution in [0.5, 0.6) is 0 Å². The summed E-state index contributed by atoms with van der Waals surface area (Å²) in [6.45, 7) is 6.46. The smallest absolute Gasteiger partial charge is 0.306 e. The van der Waals surface area contributed by atoms with E-state index in [-0.39, 0.29) is 31.3 Å². The first-order valence-electron chi connectivity index (χ1n) is 28.0. The topological polar surface area (TPSA) is 95.9 Å². The minimum Gasteiger partial charge on any atom is -0.462 e. The number of carbonyl (C=O) groups is 2. The van der Waals surface area contributed by atoms with Crippen LogP contribution in [0.2, 0.25) is 0 Å². The lowest BCUT2D eigenvalue weighted by Crippen LogP contribution is -2.46. The molecule has 0 aromatic heterocycles. The van der Waals surface area contributed by atoms with E-state index in [9.17, 15) is 19.8 Å². The van der Waals surface area contributed by atoms with Crippen LogP contribution < -0.4 is 5.32 Å². The van der Waals surface area contributed by atoms with Crippen LogP contribution in [0.3, 0.4) is 0 Å². The SMILES string of the molecule is CCCCCCC/C=C/C=C/C=C/CCCCCC(CC(=O)NC(CO)C(O)CCCCCCCCCCCCCCCCCCC)OC(=O)CC/C=C/C/C=C\CCCCCCCC. The van der Waals surface area contributed by atoms with E-state index in [1.165, 1.54) is 161 Å². The molecule has 0 rings (SSSR count). The van der Waals surface area contributed by atoms with Gasteiger partial charge in [-0.25, -0.2) is 0 Å². The minimum absolute atomic E-state index is 0.0320. The van der Waals surface area contributed by atoms with Gasteiger partial charge < -0.3 is 20.3 Å². The van der Waals surface area contributed by atoms with Crippen LogP contribution in [0, 0.1) is 0 Å². The van der Waals surface area contributed by atoms with Crippen LogP contribution in [-0.2, 0) is 14.3 Å². The summed E-state index contributed by atoms with van der Waals surface area (Å²) in [7, 11) is 0. The number of hydrogen-bond donors (Lipinski definition) is 3. The third-order valence-electron chi connectivity index (χ3n) is 12.6. The molecule has 65 heavy (non-hydrogen) atoms. The molecule has 6 heteroatoms. The molecule has 3 N–H and O–H groups in total. The third kappa shape index (κ3) is 47.8. The number of esters is 1. The number of unbranched alkanes of at least 4 members (excludes halogenated alkanes) is 30. The summed E-state index contributed by atoms with van der Waals surface area (Å²) >= 11 is 0. The van der Waals surface area contributed by atoms with Crippen molar-refractivity contribution in [1.82, 2.24) is 5.32 Å². The van der Waals surface area contributed by atoms with E-state index in [2.05, 4.69) is 80.8 Å². The molecule has 378 valence electrons. The summed E-state index contributed by atoms with van der Waals surface area (Å²) in [6, 6.07) is -0.725. The summed E-state index contributed by atoms with van der Waals surface area (Å²) in [5.74, 6) is -0.583. The van der Waals surface area contributed by atoms with E-state index in [1.54, 1.807) is 0 Å². The number of nitrogens with one attached hydrogen (secondary N) is 1. The Hall–Kier alpha value is -2.44. The number of hydrogen-bond acceptors (Lipinski definition) is 5. The molecule has 0 heterocycles. The van der Waals surface area contributed by atoms with Crippen LogP contribution >= 0.6 is 0 Å². The monoisotopic (exact) mass is 910 g/mol. The number of allylic oxidation sites excluding steroid dienone is 10. The van der Waals surface area contributed by atoms with E-state index < -0.39 is 18.2 Å². The quantitative estimate of drug-likeness (QED) is 0.0245. The molecule has 0 spiro atoms. The Balaban J connectivity index is 4.65. The number of aliphatic hydroxyl groups is 2. The van der Waals surface area contributed by atoms with Crippen LogP contribution in [0.1, 0.15) is 278 Å². The Bertz CT molecular complexity index is 1160. The van der Waals surface area contributed by atoms with Gasteiger partial charge in [-0.1, -0.05) is 255 Å². The molecule has 3 unspecified atom stereocenters. The lowest BCUT2D eigenvalue weighted by atomic mass is 10.0. The fraction of sp³-hybridized carbons (Fsp3) is 0.797. The second-order valence-corrected chi connectivity index (χ2v) is 19.0. The summed E-state index contributed by atoms with van der Waals surface area (Å²) in [6.07, 6.45) is 65.8. The van der Waals surface area contributed by atoms with E-state index in [0.29, 0.717) is 19.3 Å². The number of carbonyl (C=O) groups excluding carboxylic acids is 2. The van der Waals surface area contributed by atoms with E-state index in [4.69, 9.17) is 4.74 Å². The number of ether oxygens (including phenoxy) is 1. The highest BCUT2D eigenvalue weighted by atomic mass is 16.5. The predicted molar refractivity (Wildman–Crippen MR) is 282 cm³/mol. The van der Waals surface area contributed by atoms with Gasteiger partial charge in [-0.3, -0.25) is 9.59 Å². The maximum absolute atomic E-state index is 13.2. The molecule has 3 atom stereocenters. The molecule has 0 aliphatic heterocycles. The average Bonchev–Trinajstić information content (AvgIpc) is 3.30. The second-order valence-electron chi connectivity index (χ2n) is 19.0. The second kappa shape index (κ2) is 52.5. The Kier molecular flexibility index (Phi) is 50.6. The van der Waals surface area contributed by atoms with Gasteiger partial charge in [0.05, 0.1) is 25.2 Å². The Morgan fingerprint density at radius 1 is 0.462 bits per heavy atom. The number of amides is 1. The zero-order valence-corrected chi connectivity index (χ0v) is 43.1. The van der Waals surface area contributed by atoms with Gasteiger partial charge in [0.15, 0.2) is 0 Å². The van der Waals surface area contributed by atoms with Crippen molar-refractivity contribution in [1.29, 1.82) is 0 Å². The lowest BCUT2D eigenvalue weighted by molar-refractivity contribution is -0.150. The number of aliphatic hydroxyl groups excluding tert-OH is 2. The lowest BCUT2D eigenvalue weighted by Gasteiger charge is -2.24. The third-order valence-corrected chi connectivity index (χ3v) is 12.6. The Labute approximate surface area is 403 Å². The van der Waals surface area contributed by atoms with Crippen LogP contribution in [0.15, 0.2) is 60.8 Å². The molecule has 0 aromatic rings. The van der Waals surface area contributed by atoms with Gasteiger partial charge in [-0.2, -0.15) is 0 Å². The van der Waals surface area contributed by atoms with E-state index in [1.807, 2.05) is 6.08 Å². The van der Waals surface area contributed by atoms with Crippen LogP contribution in [-0.4, -0.2) is 46.9 Å². The van der Waals surface area contributed by atoms with Crippen molar-refractivity contribution in [3.05, 3.63) is 60.8 Å². The van der Waals surface area contributed by atoms with E-state index in [0.717, 1.165) is 64.2 Å².